The Morgan fingerprint density at radius 2 is 2.15 bits per heavy atom. The van der Waals surface area contributed by atoms with E-state index in [0.717, 1.165) is 27.2 Å². The van der Waals surface area contributed by atoms with Crippen molar-refractivity contribution in [3.63, 3.8) is 0 Å². The van der Waals surface area contributed by atoms with Crippen molar-refractivity contribution in [2.45, 2.75) is 13.5 Å². The number of aromatic hydroxyl groups is 1. The summed E-state index contributed by atoms with van der Waals surface area (Å²) >= 11 is 3.35. The quantitative estimate of drug-likeness (QED) is 0.773. The number of hydrogen-bond donors (Lipinski definition) is 2. The zero-order valence-electron chi connectivity index (χ0n) is 10.8. The van der Waals surface area contributed by atoms with Crippen molar-refractivity contribution < 1.29 is 5.11 Å². The topological polar surface area (TPSA) is 62.5 Å². The van der Waals surface area contributed by atoms with Crippen molar-refractivity contribution in [1.82, 2.24) is 14.4 Å². The van der Waals surface area contributed by atoms with Gasteiger partial charge >= 0.3 is 0 Å². The normalized spacial score (nSPS) is 10.9. The number of benzene rings is 1. The predicted molar refractivity (Wildman–Crippen MR) is 80.9 cm³/mol. The van der Waals surface area contributed by atoms with Gasteiger partial charge in [-0.1, -0.05) is 6.07 Å². The predicted octanol–water partition coefficient (Wildman–Crippen LogP) is 3.12. The summed E-state index contributed by atoms with van der Waals surface area (Å²) in [4.78, 5) is 8.43. The third kappa shape index (κ3) is 2.46. The van der Waals surface area contributed by atoms with E-state index in [9.17, 15) is 5.11 Å². The zero-order chi connectivity index (χ0) is 14.1. The number of halogens is 1. The van der Waals surface area contributed by atoms with Gasteiger partial charge in [-0.3, -0.25) is 4.40 Å². The fourth-order valence-corrected chi connectivity index (χ4v) is 2.27. The average molecular weight is 333 g/mol. The maximum atomic E-state index is 9.69. The summed E-state index contributed by atoms with van der Waals surface area (Å²) in [6.45, 7) is 2.48. The van der Waals surface area contributed by atoms with Crippen molar-refractivity contribution in [3.05, 3.63) is 52.7 Å². The second-order valence-electron chi connectivity index (χ2n) is 4.54. The standard InChI is InChI=1S/C14H13BrN4O/c1-9-2-3-10(4-12(9)20)16-5-11-6-18-14-7-17-13(15)8-19(11)14/h2-4,6-8,16,20H,5H2,1H3. The highest BCUT2D eigenvalue weighted by molar-refractivity contribution is 9.10. The molecule has 5 nitrogen and oxygen atoms in total. The Kier molecular flexibility index (Phi) is 3.31. The van der Waals surface area contributed by atoms with E-state index in [4.69, 9.17) is 0 Å². The molecule has 0 fully saturated rings. The van der Waals surface area contributed by atoms with E-state index in [0.29, 0.717) is 12.3 Å². The summed E-state index contributed by atoms with van der Waals surface area (Å²) in [5.74, 6) is 0.292. The summed E-state index contributed by atoms with van der Waals surface area (Å²) in [6.07, 6.45) is 5.40. The zero-order valence-corrected chi connectivity index (χ0v) is 12.4. The molecule has 2 heterocycles. The molecule has 6 heteroatoms. The van der Waals surface area contributed by atoms with E-state index >= 15 is 0 Å². The Hall–Kier alpha value is -2.08. The number of imidazole rings is 1. The SMILES string of the molecule is Cc1ccc(NCc2cnc3cnc(Br)cn23)cc1O. The van der Waals surface area contributed by atoms with E-state index < -0.39 is 0 Å². The number of hydrogen-bond acceptors (Lipinski definition) is 4. The summed E-state index contributed by atoms with van der Waals surface area (Å²) in [5.41, 5.74) is 3.55. The molecule has 3 rings (SSSR count). The van der Waals surface area contributed by atoms with Crippen molar-refractivity contribution in [2.75, 3.05) is 5.32 Å². The molecule has 0 aliphatic carbocycles. The number of anilines is 1. The Balaban J connectivity index is 1.83. The van der Waals surface area contributed by atoms with Gasteiger partial charge in [-0.2, -0.15) is 0 Å². The van der Waals surface area contributed by atoms with Gasteiger partial charge in [0.15, 0.2) is 5.65 Å². The molecule has 20 heavy (non-hydrogen) atoms. The van der Waals surface area contributed by atoms with E-state index in [1.807, 2.05) is 35.9 Å². The average Bonchev–Trinajstić information content (AvgIpc) is 2.82. The van der Waals surface area contributed by atoms with Crippen LogP contribution in [0.3, 0.4) is 0 Å². The molecule has 0 amide bonds. The first-order valence-electron chi connectivity index (χ1n) is 6.14. The number of fused-ring (bicyclic) bond motifs is 1. The molecule has 0 unspecified atom stereocenters. The minimum atomic E-state index is 0.292. The van der Waals surface area contributed by atoms with Crippen LogP contribution in [-0.4, -0.2) is 19.5 Å². The molecule has 2 aromatic heterocycles. The fourth-order valence-electron chi connectivity index (χ4n) is 1.96. The van der Waals surface area contributed by atoms with Gasteiger partial charge in [0, 0.05) is 18.0 Å². The molecular weight excluding hydrogens is 320 g/mol. The van der Waals surface area contributed by atoms with E-state index in [2.05, 4.69) is 31.2 Å². The number of phenolic OH excluding ortho intramolecular Hbond substituents is 1. The van der Waals surface area contributed by atoms with E-state index in [-0.39, 0.29) is 0 Å². The third-order valence-electron chi connectivity index (χ3n) is 3.12. The van der Waals surface area contributed by atoms with Crippen molar-refractivity contribution in [3.8, 4) is 5.75 Å². The lowest BCUT2D eigenvalue weighted by atomic mass is 10.2. The smallest absolute Gasteiger partial charge is 0.155 e. The van der Waals surface area contributed by atoms with Crippen LogP contribution < -0.4 is 5.32 Å². The first-order valence-corrected chi connectivity index (χ1v) is 6.94. The van der Waals surface area contributed by atoms with Crippen LogP contribution in [0, 0.1) is 6.92 Å². The van der Waals surface area contributed by atoms with Crippen LogP contribution in [0.15, 0.2) is 41.4 Å². The lowest BCUT2D eigenvalue weighted by Crippen LogP contribution is -2.03. The van der Waals surface area contributed by atoms with Gasteiger partial charge in [0.2, 0.25) is 0 Å². The second-order valence-corrected chi connectivity index (χ2v) is 5.36. The van der Waals surface area contributed by atoms with Crippen molar-refractivity contribution in [2.24, 2.45) is 0 Å². The van der Waals surface area contributed by atoms with Gasteiger partial charge in [0.05, 0.1) is 24.6 Å². The minimum absolute atomic E-state index is 0.292. The first-order chi connectivity index (χ1) is 9.63. The van der Waals surface area contributed by atoms with Gasteiger partial charge < -0.3 is 10.4 Å². The molecule has 0 saturated heterocycles. The first kappa shape index (κ1) is 12.9. The monoisotopic (exact) mass is 332 g/mol. The molecule has 0 radical (unpaired) electrons. The molecule has 0 saturated carbocycles. The van der Waals surface area contributed by atoms with Gasteiger partial charge in [0.1, 0.15) is 10.4 Å². The van der Waals surface area contributed by atoms with E-state index in [1.165, 1.54) is 0 Å². The minimum Gasteiger partial charge on any atom is -0.508 e. The number of aromatic nitrogens is 3. The summed E-state index contributed by atoms with van der Waals surface area (Å²) in [7, 11) is 0. The number of nitrogens with zero attached hydrogens (tertiary/aromatic N) is 3. The molecule has 2 N–H and O–H groups in total. The number of aryl methyl sites for hydroxylation is 1. The van der Waals surface area contributed by atoms with Gasteiger partial charge in [-0.05, 0) is 34.5 Å². The molecular formula is C14H13BrN4O. The van der Waals surface area contributed by atoms with Gasteiger partial charge in [-0.25, -0.2) is 9.97 Å². The Morgan fingerprint density at radius 3 is 2.95 bits per heavy atom. The molecule has 0 aliphatic heterocycles. The summed E-state index contributed by atoms with van der Waals surface area (Å²) in [5, 5.41) is 13.0. The Morgan fingerprint density at radius 1 is 1.30 bits per heavy atom. The van der Waals surface area contributed by atoms with Gasteiger partial charge in [-0.15, -0.1) is 0 Å². The largest absolute Gasteiger partial charge is 0.508 e. The van der Waals surface area contributed by atoms with Crippen molar-refractivity contribution >= 4 is 27.3 Å². The molecule has 102 valence electrons. The summed E-state index contributed by atoms with van der Waals surface area (Å²) < 4.78 is 2.73. The van der Waals surface area contributed by atoms with Crippen molar-refractivity contribution in [1.29, 1.82) is 0 Å². The molecule has 1 aromatic carbocycles. The van der Waals surface area contributed by atoms with Crippen LogP contribution in [0.25, 0.3) is 5.65 Å². The lowest BCUT2D eigenvalue weighted by molar-refractivity contribution is 0.471. The number of nitrogens with one attached hydrogen (secondary N) is 1. The number of rotatable bonds is 3. The number of phenols is 1. The van der Waals surface area contributed by atoms with Crippen LogP contribution in [-0.2, 0) is 6.54 Å². The Bertz CT molecular complexity index is 769. The maximum Gasteiger partial charge on any atom is 0.155 e. The molecule has 0 aliphatic rings. The van der Waals surface area contributed by atoms with Crippen LogP contribution in [0.4, 0.5) is 5.69 Å². The van der Waals surface area contributed by atoms with Crippen LogP contribution in [0.5, 0.6) is 5.75 Å². The van der Waals surface area contributed by atoms with Gasteiger partial charge in [0.25, 0.3) is 0 Å². The second kappa shape index (κ2) is 5.13. The maximum absolute atomic E-state index is 9.69. The molecule has 0 atom stereocenters. The lowest BCUT2D eigenvalue weighted by Gasteiger charge is -2.08. The Labute approximate surface area is 124 Å². The molecule has 3 aromatic rings. The van der Waals surface area contributed by atoms with Crippen LogP contribution >= 0.6 is 15.9 Å². The highest BCUT2D eigenvalue weighted by Crippen LogP contribution is 2.21. The van der Waals surface area contributed by atoms with Crippen LogP contribution in [0.2, 0.25) is 0 Å². The summed E-state index contributed by atoms with van der Waals surface area (Å²) in [6, 6.07) is 5.54. The third-order valence-corrected chi connectivity index (χ3v) is 3.53. The van der Waals surface area contributed by atoms with Crippen LogP contribution in [0.1, 0.15) is 11.3 Å². The van der Waals surface area contributed by atoms with E-state index in [1.54, 1.807) is 12.3 Å². The molecule has 0 spiro atoms. The molecule has 0 bridgehead atoms. The highest BCUT2D eigenvalue weighted by atomic mass is 79.9. The fraction of sp³-hybridized carbons (Fsp3) is 0.143. The highest BCUT2D eigenvalue weighted by Gasteiger charge is 2.05.